The third-order valence-electron chi connectivity index (χ3n) is 3.41. The van der Waals surface area contributed by atoms with E-state index in [0.717, 1.165) is 18.4 Å². The predicted molar refractivity (Wildman–Crippen MR) is 67.0 cm³/mol. The normalized spacial score (nSPS) is 18.2. The van der Waals surface area contributed by atoms with Gasteiger partial charge in [0.2, 0.25) is 0 Å². The molecular formula is C12H15ClN2O2. The molecule has 1 aliphatic rings. The minimum absolute atomic E-state index is 0.0148. The van der Waals surface area contributed by atoms with Gasteiger partial charge in [-0.3, -0.25) is 10.1 Å². The molecule has 0 bridgehead atoms. The van der Waals surface area contributed by atoms with Gasteiger partial charge in [-0.15, -0.1) is 0 Å². The predicted octanol–water partition coefficient (Wildman–Crippen LogP) is 3.44. The zero-order valence-electron chi connectivity index (χ0n) is 9.43. The molecule has 1 unspecified atom stereocenters. The third-order valence-corrected chi connectivity index (χ3v) is 3.63. The number of non-ortho nitro benzene ring substituents is 1. The van der Waals surface area contributed by atoms with Gasteiger partial charge in [0.15, 0.2) is 0 Å². The molecule has 0 spiro atoms. The Labute approximate surface area is 105 Å². The number of nitro benzene ring substituents is 1. The van der Waals surface area contributed by atoms with Crippen molar-refractivity contribution in [2.24, 2.45) is 11.7 Å². The first-order valence-electron chi connectivity index (χ1n) is 5.78. The van der Waals surface area contributed by atoms with Crippen LogP contribution in [0.25, 0.3) is 0 Å². The molecule has 1 saturated carbocycles. The molecule has 92 valence electrons. The van der Waals surface area contributed by atoms with E-state index in [-0.39, 0.29) is 11.7 Å². The van der Waals surface area contributed by atoms with Crippen molar-refractivity contribution < 1.29 is 4.92 Å². The zero-order valence-corrected chi connectivity index (χ0v) is 10.2. The second-order valence-electron chi connectivity index (χ2n) is 4.57. The standard InChI is InChI=1S/C12H15ClN2O2/c13-10-5-9(6-11(7-10)15(16)17)12(14)8-3-1-2-4-8/h5-8,12H,1-4,14H2. The van der Waals surface area contributed by atoms with Crippen molar-refractivity contribution in [3.8, 4) is 0 Å². The van der Waals surface area contributed by atoms with Crippen LogP contribution in [0.4, 0.5) is 5.69 Å². The molecule has 1 aliphatic carbocycles. The molecule has 0 saturated heterocycles. The lowest BCUT2D eigenvalue weighted by molar-refractivity contribution is -0.384. The van der Waals surface area contributed by atoms with Crippen molar-refractivity contribution in [3.05, 3.63) is 38.9 Å². The summed E-state index contributed by atoms with van der Waals surface area (Å²) in [5.41, 5.74) is 6.95. The van der Waals surface area contributed by atoms with Crippen LogP contribution in [0.1, 0.15) is 37.3 Å². The summed E-state index contributed by atoms with van der Waals surface area (Å²) in [4.78, 5) is 10.3. The Kier molecular flexibility index (Phi) is 3.64. The highest BCUT2D eigenvalue weighted by molar-refractivity contribution is 6.30. The molecule has 1 atom stereocenters. The Hall–Kier alpha value is -1.13. The average Bonchev–Trinajstić information content (AvgIpc) is 2.80. The molecule has 17 heavy (non-hydrogen) atoms. The van der Waals surface area contributed by atoms with E-state index < -0.39 is 4.92 Å². The van der Waals surface area contributed by atoms with E-state index in [1.807, 2.05) is 0 Å². The molecule has 2 N–H and O–H groups in total. The molecule has 0 radical (unpaired) electrons. The first-order valence-corrected chi connectivity index (χ1v) is 6.16. The van der Waals surface area contributed by atoms with Crippen molar-refractivity contribution in [1.29, 1.82) is 0 Å². The van der Waals surface area contributed by atoms with E-state index in [2.05, 4.69) is 0 Å². The SMILES string of the molecule is NC(c1cc(Cl)cc([N+](=O)[O-])c1)C1CCCC1. The minimum Gasteiger partial charge on any atom is -0.324 e. The topological polar surface area (TPSA) is 69.2 Å². The molecule has 1 fully saturated rings. The molecule has 0 aromatic heterocycles. The van der Waals surface area contributed by atoms with E-state index in [0.29, 0.717) is 10.9 Å². The maximum Gasteiger partial charge on any atom is 0.271 e. The zero-order chi connectivity index (χ0) is 12.4. The summed E-state index contributed by atoms with van der Waals surface area (Å²) in [6.07, 6.45) is 4.59. The van der Waals surface area contributed by atoms with E-state index in [4.69, 9.17) is 17.3 Å². The molecule has 1 aromatic carbocycles. The lowest BCUT2D eigenvalue weighted by Crippen LogP contribution is -2.19. The van der Waals surface area contributed by atoms with Crippen LogP contribution >= 0.6 is 11.6 Å². The summed E-state index contributed by atoms with van der Waals surface area (Å²) in [5, 5.41) is 11.1. The average molecular weight is 255 g/mol. The highest BCUT2D eigenvalue weighted by Gasteiger charge is 2.24. The number of hydrogen-bond acceptors (Lipinski definition) is 3. The molecular weight excluding hydrogens is 240 g/mol. The molecule has 2 rings (SSSR count). The first kappa shape index (κ1) is 12.3. The summed E-state index contributed by atoms with van der Waals surface area (Å²) in [7, 11) is 0. The van der Waals surface area contributed by atoms with E-state index >= 15 is 0 Å². The van der Waals surface area contributed by atoms with E-state index in [9.17, 15) is 10.1 Å². The smallest absolute Gasteiger partial charge is 0.271 e. The number of nitro groups is 1. The summed E-state index contributed by atoms with van der Waals surface area (Å²) >= 11 is 5.88. The summed E-state index contributed by atoms with van der Waals surface area (Å²) in [6, 6.07) is 4.48. The number of benzene rings is 1. The highest BCUT2D eigenvalue weighted by Crippen LogP contribution is 2.36. The minimum atomic E-state index is -0.434. The Morgan fingerprint density at radius 2 is 2.00 bits per heavy atom. The molecule has 1 aromatic rings. The van der Waals surface area contributed by atoms with Crippen molar-refractivity contribution in [2.75, 3.05) is 0 Å². The second kappa shape index (κ2) is 5.02. The lowest BCUT2D eigenvalue weighted by atomic mass is 9.92. The van der Waals surface area contributed by atoms with Crippen LogP contribution in [-0.2, 0) is 0 Å². The van der Waals surface area contributed by atoms with Crippen LogP contribution in [0, 0.1) is 16.0 Å². The quantitative estimate of drug-likeness (QED) is 0.664. The highest BCUT2D eigenvalue weighted by atomic mass is 35.5. The van der Waals surface area contributed by atoms with Gasteiger partial charge in [-0.1, -0.05) is 24.4 Å². The fourth-order valence-corrected chi connectivity index (χ4v) is 2.72. The van der Waals surface area contributed by atoms with Gasteiger partial charge in [-0.2, -0.15) is 0 Å². The van der Waals surface area contributed by atoms with Crippen molar-refractivity contribution in [1.82, 2.24) is 0 Å². The number of hydrogen-bond donors (Lipinski definition) is 1. The van der Waals surface area contributed by atoms with Crippen molar-refractivity contribution in [3.63, 3.8) is 0 Å². The van der Waals surface area contributed by atoms with Crippen molar-refractivity contribution >= 4 is 17.3 Å². The summed E-state index contributed by atoms with van der Waals surface area (Å²) in [6.45, 7) is 0. The van der Waals surface area contributed by atoms with E-state index in [1.54, 1.807) is 6.07 Å². The van der Waals surface area contributed by atoms with Crippen molar-refractivity contribution in [2.45, 2.75) is 31.7 Å². The Morgan fingerprint density at radius 1 is 1.35 bits per heavy atom. The Balaban J connectivity index is 2.27. The number of nitrogens with zero attached hydrogens (tertiary/aromatic N) is 1. The number of halogens is 1. The van der Waals surface area contributed by atoms with Crippen LogP contribution in [0.15, 0.2) is 18.2 Å². The van der Waals surface area contributed by atoms with Gasteiger partial charge < -0.3 is 5.73 Å². The van der Waals surface area contributed by atoms with Gasteiger partial charge in [-0.25, -0.2) is 0 Å². The van der Waals surface area contributed by atoms with Crippen LogP contribution in [0.5, 0.6) is 0 Å². The van der Waals surface area contributed by atoms with Gasteiger partial charge in [-0.05, 0) is 30.4 Å². The van der Waals surface area contributed by atoms with Crippen LogP contribution in [0.3, 0.4) is 0 Å². The maximum atomic E-state index is 10.8. The monoisotopic (exact) mass is 254 g/mol. The van der Waals surface area contributed by atoms with Gasteiger partial charge in [0.25, 0.3) is 5.69 Å². The Bertz CT molecular complexity index is 431. The van der Waals surface area contributed by atoms with Gasteiger partial charge in [0, 0.05) is 23.2 Å². The van der Waals surface area contributed by atoms with Gasteiger partial charge in [0.1, 0.15) is 0 Å². The maximum absolute atomic E-state index is 10.8. The third kappa shape index (κ3) is 2.76. The van der Waals surface area contributed by atoms with Gasteiger partial charge in [0.05, 0.1) is 4.92 Å². The molecule has 0 aliphatic heterocycles. The van der Waals surface area contributed by atoms with Gasteiger partial charge >= 0.3 is 0 Å². The summed E-state index contributed by atoms with van der Waals surface area (Å²) in [5.74, 6) is 0.424. The fourth-order valence-electron chi connectivity index (χ4n) is 2.48. The molecule has 0 amide bonds. The summed E-state index contributed by atoms with van der Waals surface area (Å²) < 4.78 is 0. The lowest BCUT2D eigenvalue weighted by Gasteiger charge is -2.19. The molecule has 4 nitrogen and oxygen atoms in total. The number of rotatable bonds is 3. The number of nitrogens with two attached hydrogens (primary N) is 1. The van der Waals surface area contributed by atoms with Crippen LogP contribution in [-0.4, -0.2) is 4.92 Å². The molecule has 0 heterocycles. The van der Waals surface area contributed by atoms with Crippen LogP contribution < -0.4 is 5.73 Å². The largest absolute Gasteiger partial charge is 0.324 e. The van der Waals surface area contributed by atoms with E-state index in [1.165, 1.54) is 25.0 Å². The molecule has 5 heteroatoms. The first-order chi connectivity index (χ1) is 8.08. The fraction of sp³-hybridized carbons (Fsp3) is 0.500. The second-order valence-corrected chi connectivity index (χ2v) is 5.01. The Morgan fingerprint density at radius 3 is 2.59 bits per heavy atom. The van der Waals surface area contributed by atoms with Crippen LogP contribution in [0.2, 0.25) is 5.02 Å².